The quantitative estimate of drug-likeness (QED) is 0.0730. The molecule has 0 fully saturated rings. The Kier molecular flexibility index (Phi) is 22.1. The molecule has 0 saturated heterocycles. The van der Waals surface area contributed by atoms with E-state index in [1.165, 1.54) is 11.1 Å². The number of benzene rings is 4. The van der Waals surface area contributed by atoms with Gasteiger partial charge in [-0.2, -0.15) is 0 Å². The van der Waals surface area contributed by atoms with Gasteiger partial charge < -0.3 is 0 Å². The van der Waals surface area contributed by atoms with E-state index in [0.29, 0.717) is 40.5 Å². The standard InChI is InChI=1S/C72H132Ge2Si12/c1-75(2,3)67(76(4,5)6)55-49-59(69(79(13,14)15)80(16,17)18)63(60(50-55)70(81(19,20)21)82(22,23)24)73-47-45-53-41-37-39-43-57(53)65(73)66-58-44-40-38-42-54(58)46-48-74(66)64-61(71(83(25,26)27)84(28,29)30)51-56(68(77(7,8)9)78(10,11)12)52-62(64)72(85(31,32)33)86(34,35)36/h37-52,65-72H,1-36H3. The van der Waals surface area contributed by atoms with Crippen molar-refractivity contribution in [1.29, 1.82) is 0 Å². The van der Waals surface area contributed by atoms with E-state index in [1.54, 1.807) is 22.3 Å². The van der Waals surface area contributed by atoms with Crippen molar-refractivity contribution in [2.45, 2.75) is 276 Å². The maximum atomic E-state index is 3.07. The second-order valence-electron chi connectivity index (χ2n) is 40.9. The summed E-state index contributed by atoms with van der Waals surface area (Å²) in [6.07, 6.45) is 5.49. The van der Waals surface area contributed by atoms with Crippen molar-refractivity contribution in [3.63, 3.8) is 0 Å². The molecular weight excluding hydrogens is 1350 g/mol. The summed E-state index contributed by atoms with van der Waals surface area (Å²) >= 11 is -5.25. The Bertz CT molecular complexity index is 2730. The van der Waals surface area contributed by atoms with Gasteiger partial charge in [-0.3, -0.25) is 0 Å². The number of rotatable bonds is 21. The van der Waals surface area contributed by atoms with Crippen LogP contribution < -0.4 is 8.79 Å². The monoisotopic (exact) mass is 1480 g/mol. The maximum absolute atomic E-state index is 3.07. The van der Waals surface area contributed by atoms with Gasteiger partial charge in [0.2, 0.25) is 0 Å². The second-order valence-corrected chi connectivity index (χ2v) is 118. The Hall–Kier alpha value is 0.0483. The number of hydrogen-bond acceptors (Lipinski definition) is 0. The topological polar surface area (TPSA) is 0 Å². The van der Waals surface area contributed by atoms with E-state index in [2.05, 4.69) is 330 Å². The molecule has 476 valence electrons. The van der Waals surface area contributed by atoms with Gasteiger partial charge in [-0.1, -0.05) is 0 Å². The van der Waals surface area contributed by atoms with Crippen molar-refractivity contribution in [2.24, 2.45) is 0 Å². The van der Waals surface area contributed by atoms with Gasteiger partial charge in [0, 0.05) is 0 Å². The van der Waals surface area contributed by atoms with Gasteiger partial charge in [0.1, 0.15) is 0 Å². The zero-order valence-corrected chi connectivity index (χ0v) is 79.1. The number of hydrogen-bond donors (Lipinski definition) is 0. The van der Waals surface area contributed by atoms with E-state index < -0.39 is 126 Å². The molecule has 2 aliphatic heterocycles. The number of fused-ring (bicyclic) bond motifs is 2. The molecule has 2 radical (unpaired) electrons. The van der Waals surface area contributed by atoms with Crippen LogP contribution in [-0.4, -0.2) is 126 Å². The molecule has 4 aromatic rings. The SMILES string of the molecule is C[Si](C)(C)C(c1cc(C([Si](C)(C)C)[Si](C)(C)C)[c]([Ge]2[CH]=Cc3ccccc3[CH]2[CH]2c3ccccc3C=[CH][Ge]2[c]2c(C([Si](C)(C)C)[Si](C)(C)C)cc(C([Si](C)(C)C)[Si](C)(C)C)cc2C([Si](C)(C)C)[Si](C)(C)C)c(C([Si](C)(C)C)[Si](C)(C)C)c1)[Si](C)(C)C. The fraction of sp³-hybridized carbons (Fsp3) is 0.611. The van der Waals surface area contributed by atoms with Crippen molar-refractivity contribution >= 4 is 147 Å². The molecule has 0 bridgehead atoms. The van der Waals surface area contributed by atoms with Crippen molar-refractivity contribution in [3.8, 4) is 0 Å². The van der Waals surface area contributed by atoms with E-state index in [-0.39, 0.29) is 0 Å². The van der Waals surface area contributed by atoms with Crippen LogP contribution in [0.2, 0.25) is 236 Å². The van der Waals surface area contributed by atoms with Gasteiger partial charge in [0.15, 0.2) is 0 Å². The average Bonchev–Trinajstić information content (AvgIpc) is 0.755. The molecule has 2 unspecified atom stereocenters. The minimum atomic E-state index is -2.63. The zero-order valence-electron chi connectivity index (χ0n) is 62.9. The fourth-order valence-electron chi connectivity index (χ4n) is 20.8. The average molecular weight is 1480 g/mol. The van der Waals surface area contributed by atoms with Crippen LogP contribution in [0.25, 0.3) is 12.2 Å². The minimum absolute atomic E-state index is 0.463. The molecule has 6 rings (SSSR count). The molecule has 2 heterocycles. The summed E-state index contributed by atoms with van der Waals surface area (Å²) in [5, 5.41) is 4.05. The molecule has 0 aromatic heterocycles. The summed E-state index contributed by atoms with van der Waals surface area (Å²) in [7, 11) is -21.5. The Labute approximate surface area is 555 Å². The van der Waals surface area contributed by atoms with Gasteiger partial charge in [-0.15, -0.1) is 0 Å². The first-order valence-corrected chi connectivity index (χ1v) is 83.8. The molecule has 0 amide bonds. The van der Waals surface area contributed by atoms with Crippen LogP contribution in [0.15, 0.2) is 82.6 Å². The molecule has 2 atom stereocenters. The van der Waals surface area contributed by atoms with E-state index in [4.69, 9.17) is 0 Å². The third kappa shape index (κ3) is 16.4. The van der Waals surface area contributed by atoms with Crippen LogP contribution in [0, 0.1) is 0 Å². The van der Waals surface area contributed by atoms with Crippen molar-refractivity contribution < 1.29 is 0 Å². The van der Waals surface area contributed by atoms with Crippen LogP contribution in [0.1, 0.15) is 96.1 Å². The van der Waals surface area contributed by atoms with Gasteiger partial charge >= 0.3 is 561 Å². The van der Waals surface area contributed by atoms with E-state index in [1.807, 2.05) is 31.0 Å². The summed E-state index contributed by atoms with van der Waals surface area (Å²) in [4.78, 5) is 6.13. The van der Waals surface area contributed by atoms with Gasteiger partial charge in [-0.05, 0) is 0 Å². The molecule has 14 heteroatoms. The molecule has 0 aliphatic carbocycles. The van der Waals surface area contributed by atoms with Crippen LogP contribution in [-0.2, 0) is 0 Å². The summed E-state index contributed by atoms with van der Waals surface area (Å²) in [5.41, 5.74) is 17.7. The van der Waals surface area contributed by atoms with Gasteiger partial charge in [0.25, 0.3) is 0 Å². The Morgan fingerprint density at radius 3 is 0.628 bits per heavy atom. The van der Waals surface area contributed by atoms with Crippen molar-refractivity contribution in [2.75, 3.05) is 0 Å². The Morgan fingerprint density at radius 2 is 0.442 bits per heavy atom. The van der Waals surface area contributed by atoms with Crippen molar-refractivity contribution in [1.82, 2.24) is 0 Å². The first-order chi connectivity index (χ1) is 38.3. The summed E-state index contributed by atoms with van der Waals surface area (Å²) < 4.78 is 4.92. The third-order valence-electron chi connectivity index (χ3n) is 19.9. The van der Waals surface area contributed by atoms with Crippen LogP contribution >= 0.6 is 0 Å². The Morgan fingerprint density at radius 1 is 0.256 bits per heavy atom. The zero-order chi connectivity index (χ0) is 66.0. The predicted molar refractivity (Wildman–Crippen MR) is 437 cm³/mol. The molecule has 4 aromatic carbocycles. The molecule has 0 nitrogen and oxygen atoms in total. The molecule has 0 N–H and O–H groups in total. The van der Waals surface area contributed by atoms with Crippen molar-refractivity contribution in [3.05, 3.63) is 138 Å². The van der Waals surface area contributed by atoms with Crippen LogP contribution in [0.3, 0.4) is 0 Å². The van der Waals surface area contributed by atoms with Gasteiger partial charge in [0.05, 0.1) is 0 Å². The molecule has 2 aliphatic rings. The predicted octanol–water partition coefficient (Wildman–Crippen LogP) is 22.6. The van der Waals surface area contributed by atoms with E-state index in [9.17, 15) is 0 Å². The van der Waals surface area contributed by atoms with Gasteiger partial charge in [-0.25, -0.2) is 0 Å². The summed E-state index contributed by atoms with van der Waals surface area (Å²) in [6.45, 7) is 100. The third-order valence-corrected chi connectivity index (χ3v) is 89.7. The summed E-state index contributed by atoms with van der Waals surface area (Å²) in [5.74, 6) is 0. The van der Waals surface area contributed by atoms with Crippen LogP contribution in [0.4, 0.5) is 0 Å². The van der Waals surface area contributed by atoms with E-state index >= 15 is 0 Å². The van der Waals surface area contributed by atoms with Crippen LogP contribution in [0.5, 0.6) is 0 Å². The normalized spacial score (nSPS) is 18.0. The molecule has 86 heavy (non-hydrogen) atoms. The first-order valence-electron chi connectivity index (χ1n) is 34.0. The second kappa shape index (κ2) is 25.3. The van der Waals surface area contributed by atoms with E-state index in [0.717, 1.165) is 0 Å². The molecule has 0 saturated carbocycles. The first kappa shape index (κ1) is 75.1. The molecular formula is C72H132Ge2Si12. The summed E-state index contributed by atoms with van der Waals surface area (Å²) in [6, 6.07) is 32.6. The Balaban J connectivity index is 2.03. The fourth-order valence-corrected chi connectivity index (χ4v) is 117. The molecule has 0 spiro atoms.